The van der Waals surface area contributed by atoms with Crippen LogP contribution in [0.25, 0.3) is 0 Å². The molecule has 3 heteroatoms. The maximum Gasteiger partial charge on any atom is 0.101 e. The second kappa shape index (κ2) is 6.76. The van der Waals surface area contributed by atoms with Gasteiger partial charge in [-0.3, -0.25) is 0 Å². The summed E-state index contributed by atoms with van der Waals surface area (Å²) >= 11 is 0. The molecule has 1 aromatic rings. The van der Waals surface area contributed by atoms with Crippen molar-refractivity contribution >= 4 is 5.69 Å². The third-order valence-electron chi connectivity index (χ3n) is 3.95. The monoisotopic (exact) mass is 271 g/mol. The van der Waals surface area contributed by atoms with Crippen molar-refractivity contribution in [1.82, 2.24) is 5.32 Å². The first-order chi connectivity index (χ1) is 9.60. The zero-order chi connectivity index (χ0) is 14.5. The van der Waals surface area contributed by atoms with Crippen LogP contribution in [0.1, 0.15) is 37.8 Å². The van der Waals surface area contributed by atoms with E-state index in [4.69, 9.17) is 0 Å². The molecule has 0 radical (unpaired) electrons. The highest BCUT2D eigenvalue weighted by Crippen LogP contribution is 2.27. The van der Waals surface area contributed by atoms with Gasteiger partial charge in [-0.2, -0.15) is 5.26 Å². The number of hydrogen-bond donors (Lipinski definition) is 1. The highest BCUT2D eigenvalue weighted by atomic mass is 15.1. The third kappa shape index (κ3) is 3.74. The van der Waals surface area contributed by atoms with E-state index in [1.54, 1.807) is 0 Å². The summed E-state index contributed by atoms with van der Waals surface area (Å²) in [6.07, 6.45) is 2.49. The van der Waals surface area contributed by atoms with Crippen LogP contribution < -0.4 is 10.2 Å². The molecular weight excluding hydrogens is 246 g/mol. The summed E-state index contributed by atoms with van der Waals surface area (Å²) < 4.78 is 0. The fourth-order valence-electron chi connectivity index (χ4n) is 2.85. The molecule has 0 amide bonds. The molecule has 1 fully saturated rings. The SMILES string of the molecule is Cc1ccc(C#N)c(N2CCCC(CNC(C)C)C2)c1. The van der Waals surface area contributed by atoms with Crippen LogP contribution in [0, 0.1) is 24.2 Å². The maximum atomic E-state index is 9.29. The van der Waals surface area contributed by atoms with Crippen molar-refractivity contribution in [2.75, 3.05) is 24.5 Å². The molecule has 1 heterocycles. The number of piperidine rings is 1. The molecule has 0 saturated carbocycles. The first kappa shape index (κ1) is 14.9. The Labute approximate surface area is 122 Å². The average molecular weight is 271 g/mol. The van der Waals surface area contributed by atoms with Crippen molar-refractivity contribution in [2.45, 2.75) is 39.7 Å². The minimum absolute atomic E-state index is 0.541. The highest BCUT2D eigenvalue weighted by Gasteiger charge is 2.21. The molecule has 1 aliphatic heterocycles. The highest BCUT2D eigenvalue weighted by molar-refractivity contribution is 5.60. The summed E-state index contributed by atoms with van der Waals surface area (Å²) in [5.41, 5.74) is 3.14. The van der Waals surface area contributed by atoms with Crippen LogP contribution in [-0.2, 0) is 0 Å². The molecule has 0 aliphatic carbocycles. The molecule has 3 nitrogen and oxygen atoms in total. The minimum Gasteiger partial charge on any atom is -0.370 e. The molecule has 1 N–H and O–H groups in total. The Morgan fingerprint density at radius 2 is 2.25 bits per heavy atom. The summed E-state index contributed by atoms with van der Waals surface area (Å²) in [4.78, 5) is 2.39. The Bertz CT molecular complexity index is 487. The van der Waals surface area contributed by atoms with Crippen molar-refractivity contribution in [1.29, 1.82) is 5.26 Å². The Balaban J connectivity index is 2.09. The topological polar surface area (TPSA) is 39.1 Å². The van der Waals surface area contributed by atoms with Gasteiger partial charge in [0, 0.05) is 19.1 Å². The first-order valence-corrected chi connectivity index (χ1v) is 7.59. The Hall–Kier alpha value is -1.53. The summed E-state index contributed by atoms with van der Waals surface area (Å²) in [7, 11) is 0. The zero-order valence-electron chi connectivity index (χ0n) is 12.8. The van der Waals surface area contributed by atoms with E-state index in [2.05, 4.69) is 43.1 Å². The van der Waals surface area contributed by atoms with Gasteiger partial charge in [-0.1, -0.05) is 19.9 Å². The number of nitrogens with zero attached hydrogens (tertiary/aromatic N) is 2. The Morgan fingerprint density at radius 3 is 2.95 bits per heavy atom. The lowest BCUT2D eigenvalue weighted by molar-refractivity contribution is 0.379. The van der Waals surface area contributed by atoms with Gasteiger partial charge in [0.1, 0.15) is 6.07 Å². The van der Waals surface area contributed by atoms with Crippen LogP contribution in [0.2, 0.25) is 0 Å². The van der Waals surface area contributed by atoms with E-state index >= 15 is 0 Å². The number of benzene rings is 1. The Kier molecular flexibility index (Phi) is 5.03. The van der Waals surface area contributed by atoms with E-state index < -0.39 is 0 Å². The van der Waals surface area contributed by atoms with Crippen molar-refractivity contribution in [3.05, 3.63) is 29.3 Å². The number of nitrogens with one attached hydrogen (secondary N) is 1. The average Bonchev–Trinajstić information content (AvgIpc) is 2.45. The smallest absolute Gasteiger partial charge is 0.101 e. The molecule has 0 aromatic heterocycles. The molecular formula is C17H25N3. The van der Waals surface area contributed by atoms with E-state index in [9.17, 15) is 5.26 Å². The second-order valence-electron chi connectivity index (χ2n) is 6.15. The molecule has 1 unspecified atom stereocenters. The standard InChI is InChI=1S/C17H25N3/c1-13(2)19-11-15-5-4-8-20(12-15)17-9-14(3)6-7-16(17)10-18/h6-7,9,13,15,19H,4-5,8,11-12H2,1-3H3. The van der Waals surface area contributed by atoms with Gasteiger partial charge in [0.15, 0.2) is 0 Å². The number of hydrogen-bond acceptors (Lipinski definition) is 3. The van der Waals surface area contributed by atoms with Gasteiger partial charge >= 0.3 is 0 Å². The predicted molar refractivity (Wildman–Crippen MR) is 84.0 cm³/mol. The maximum absolute atomic E-state index is 9.29. The van der Waals surface area contributed by atoms with Crippen molar-refractivity contribution in [2.24, 2.45) is 5.92 Å². The van der Waals surface area contributed by atoms with Crippen LogP contribution in [0.3, 0.4) is 0 Å². The lowest BCUT2D eigenvalue weighted by Crippen LogP contribution is -2.41. The zero-order valence-corrected chi connectivity index (χ0v) is 12.8. The van der Waals surface area contributed by atoms with E-state index in [0.29, 0.717) is 12.0 Å². The van der Waals surface area contributed by atoms with Gasteiger partial charge in [0.05, 0.1) is 11.3 Å². The molecule has 20 heavy (non-hydrogen) atoms. The summed E-state index contributed by atoms with van der Waals surface area (Å²) in [6, 6.07) is 8.98. The largest absolute Gasteiger partial charge is 0.370 e. The lowest BCUT2D eigenvalue weighted by Gasteiger charge is -2.35. The van der Waals surface area contributed by atoms with Crippen LogP contribution in [0.5, 0.6) is 0 Å². The molecule has 0 spiro atoms. The molecule has 0 bridgehead atoms. The van der Waals surface area contributed by atoms with Gasteiger partial charge in [0.25, 0.3) is 0 Å². The lowest BCUT2D eigenvalue weighted by atomic mass is 9.96. The van der Waals surface area contributed by atoms with E-state index in [0.717, 1.165) is 30.9 Å². The van der Waals surface area contributed by atoms with Crippen molar-refractivity contribution in [3.63, 3.8) is 0 Å². The van der Waals surface area contributed by atoms with E-state index in [1.807, 2.05) is 12.1 Å². The van der Waals surface area contributed by atoms with Crippen LogP contribution in [-0.4, -0.2) is 25.7 Å². The van der Waals surface area contributed by atoms with E-state index in [1.165, 1.54) is 18.4 Å². The van der Waals surface area contributed by atoms with Crippen molar-refractivity contribution < 1.29 is 0 Å². The number of anilines is 1. The predicted octanol–water partition coefficient (Wildman–Crippen LogP) is 3.08. The summed E-state index contributed by atoms with van der Waals surface area (Å²) in [5, 5.41) is 12.8. The van der Waals surface area contributed by atoms with Crippen LogP contribution in [0.15, 0.2) is 18.2 Å². The molecule has 2 rings (SSSR count). The molecule has 1 atom stereocenters. The number of nitriles is 1. The van der Waals surface area contributed by atoms with E-state index in [-0.39, 0.29) is 0 Å². The normalized spacial score (nSPS) is 19.1. The molecule has 1 saturated heterocycles. The summed E-state index contributed by atoms with van der Waals surface area (Å²) in [5.74, 6) is 0.679. The summed E-state index contributed by atoms with van der Waals surface area (Å²) in [6.45, 7) is 9.66. The van der Waals surface area contributed by atoms with Gasteiger partial charge in [0.2, 0.25) is 0 Å². The fraction of sp³-hybridized carbons (Fsp3) is 0.588. The molecule has 1 aromatic carbocycles. The minimum atomic E-state index is 0.541. The van der Waals surface area contributed by atoms with Crippen molar-refractivity contribution in [3.8, 4) is 6.07 Å². The third-order valence-corrected chi connectivity index (χ3v) is 3.95. The Morgan fingerprint density at radius 1 is 1.45 bits per heavy atom. The van der Waals surface area contributed by atoms with Gasteiger partial charge in [-0.05, 0) is 49.9 Å². The van der Waals surface area contributed by atoms with Gasteiger partial charge in [-0.25, -0.2) is 0 Å². The fourth-order valence-corrected chi connectivity index (χ4v) is 2.85. The first-order valence-electron chi connectivity index (χ1n) is 7.59. The molecule has 108 valence electrons. The van der Waals surface area contributed by atoms with Gasteiger partial charge in [-0.15, -0.1) is 0 Å². The van der Waals surface area contributed by atoms with Crippen LogP contribution in [0.4, 0.5) is 5.69 Å². The van der Waals surface area contributed by atoms with Crippen LogP contribution >= 0.6 is 0 Å². The number of rotatable bonds is 4. The number of aryl methyl sites for hydroxylation is 1. The molecule has 1 aliphatic rings. The van der Waals surface area contributed by atoms with Gasteiger partial charge < -0.3 is 10.2 Å². The second-order valence-corrected chi connectivity index (χ2v) is 6.15. The quantitative estimate of drug-likeness (QED) is 0.914.